The summed E-state index contributed by atoms with van der Waals surface area (Å²) in [6, 6.07) is 9.88. The van der Waals surface area contributed by atoms with E-state index in [9.17, 15) is 32.8 Å². The summed E-state index contributed by atoms with van der Waals surface area (Å²) >= 11 is 0.849. The highest BCUT2D eigenvalue weighted by Gasteiger charge is 2.44. The van der Waals surface area contributed by atoms with Crippen LogP contribution in [0.15, 0.2) is 94.4 Å². The van der Waals surface area contributed by atoms with E-state index in [1.807, 2.05) is 91.8 Å². The Labute approximate surface area is 277 Å². The van der Waals surface area contributed by atoms with Gasteiger partial charge in [-0.25, -0.2) is 5.26 Å². The molecule has 0 spiro atoms. The second-order valence-electron chi connectivity index (χ2n) is 12.0. The Morgan fingerprint density at radius 1 is 0.915 bits per heavy atom. The van der Waals surface area contributed by atoms with Gasteiger partial charge in [-0.1, -0.05) is 49.3 Å². The van der Waals surface area contributed by atoms with E-state index >= 15 is 0 Å². The SMILES string of the molecule is CC1(C)C(/C=C/C=C/C=C/C=C2/N(CCC(=O)O)c3ccc(S(=O)(=O)O)cc3C2(C)C)=[N+](CCC(=O)O)c2ccc(SOOO)cc21. The van der Waals surface area contributed by atoms with Gasteiger partial charge in [-0.05, 0) is 55.8 Å². The van der Waals surface area contributed by atoms with E-state index in [0.29, 0.717) is 16.1 Å². The first kappa shape index (κ1) is 35.8. The minimum absolute atomic E-state index is 0.0567. The molecule has 0 saturated heterocycles. The number of carbonyl (C=O) groups is 2. The zero-order chi connectivity index (χ0) is 34.6. The molecule has 0 unspecified atom stereocenters. The molecule has 0 aromatic heterocycles. The molecule has 2 aliphatic heterocycles. The van der Waals surface area contributed by atoms with E-state index < -0.39 is 32.9 Å². The Morgan fingerprint density at radius 2 is 1.60 bits per heavy atom. The van der Waals surface area contributed by atoms with E-state index in [-0.39, 0.29) is 30.8 Å². The second-order valence-corrected chi connectivity index (χ2v) is 14.2. The van der Waals surface area contributed by atoms with Crippen LogP contribution in [0.1, 0.15) is 51.7 Å². The number of rotatable bonds is 14. The Morgan fingerprint density at radius 3 is 2.26 bits per heavy atom. The van der Waals surface area contributed by atoms with Crippen LogP contribution in [0.2, 0.25) is 0 Å². The first-order chi connectivity index (χ1) is 22.1. The van der Waals surface area contributed by atoms with Crippen LogP contribution in [0.3, 0.4) is 0 Å². The molecule has 2 aliphatic rings. The van der Waals surface area contributed by atoms with Crippen molar-refractivity contribution >= 4 is 51.2 Å². The number of aliphatic carboxylic acids is 2. The molecule has 2 aromatic rings. The standard InChI is InChI=1S/C33H36N2O10S2/c1-32(2)24-20-22(46-45-44-40)12-14-26(24)34(18-16-30(36)37)28(32)10-8-6-5-7-9-11-29-33(3,4)25-21-23(47(41,42)43)13-15-27(25)35(29)19-17-31(38)39/h5-15,20-21H,16-19H2,1-4H3,(H3-,36,37,38,39,40,41,42,43)/p+1. The largest absolute Gasteiger partial charge is 0.481 e. The van der Waals surface area contributed by atoms with Gasteiger partial charge in [0.05, 0.1) is 28.8 Å². The van der Waals surface area contributed by atoms with Gasteiger partial charge in [-0.2, -0.15) is 13.0 Å². The molecule has 2 aromatic carbocycles. The van der Waals surface area contributed by atoms with Crippen molar-refractivity contribution in [2.75, 3.05) is 18.0 Å². The predicted octanol–water partition coefficient (Wildman–Crippen LogP) is 6.04. The molecular formula is C33H37N2O10S2+. The molecule has 14 heteroatoms. The van der Waals surface area contributed by atoms with Crippen LogP contribution in [0.25, 0.3) is 0 Å². The topological polar surface area (TPSA) is 174 Å². The molecule has 4 rings (SSSR count). The minimum Gasteiger partial charge on any atom is -0.481 e. The number of carboxylic acid groups (broad SMARTS) is 2. The van der Waals surface area contributed by atoms with Crippen LogP contribution in [-0.4, -0.2) is 63.8 Å². The third kappa shape index (κ3) is 7.92. The average Bonchev–Trinajstić information content (AvgIpc) is 3.34. The summed E-state index contributed by atoms with van der Waals surface area (Å²) in [5.74, 6) is -1.87. The lowest BCUT2D eigenvalue weighted by Crippen LogP contribution is -2.28. The number of anilines is 1. The fourth-order valence-electron chi connectivity index (χ4n) is 5.96. The van der Waals surface area contributed by atoms with Crippen LogP contribution in [0.5, 0.6) is 0 Å². The molecule has 4 N–H and O–H groups in total. The third-order valence-corrected chi connectivity index (χ3v) is 9.66. The van der Waals surface area contributed by atoms with Gasteiger partial charge in [0.25, 0.3) is 10.1 Å². The zero-order valence-electron chi connectivity index (χ0n) is 26.3. The van der Waals surface area contributed by atoms with Crippen LogP contribution in [0, 0.1) is 0 Å². The maximum absolute atomic E-state index is 11.8. The lowest BCUT2D eigenvalue weighted by molar-refractivity contribution is -0.436. The van der Waals surface area contributed by atoms with Crippen LogP contribution < -0.4 is 4.90 Å². The highest BCUT2D eigenvalue weighted by atomic mass is 32.2. The van der Waals surface area contributed by atoms with Gasteiger partial charge >= 0.3 is 11.9 Å². The second kappa shape index (κ2) is 14.4. The normalized spacial score (nSPS) is 17.8. The van der Waals surface area contributed by atoms with Crippen molar-refractivity contribution in [1.29, 1.82) is 0 Å². The Kier molecular flexibility index (Phi) is 11.0. The zero-order valence-corrected chi connectivity index (χ0v) is 27.9. The van der Waals surface area contributed by atoms with Gasteiger partial charge in [-0.3, -0.25) is 14.1 Å². The molecule has 0 amide bonds. The van der Waals surface area contributed by atoms with E-state index in [1.165, 1.54) is 12.1 Å². The summed E-state index contributed by atoms with van der Waals surface area (Å²) in [6.07, 6.45) is 12.7. The maximum atomic E-state index is 11.8. The first-order valence-electron chi connectivity index (χ1n) is 14.6. The van der Waals surface area contributed by atoms with Crippen molar-refractivity contribution in [3.05, 3.63) is 95.8 Å². The maximum Gasteiger partial charge on any atom is 0.309 e. The molecule has 0 bridgehead atoms. The first-order valence-corrected chi connectivity index (χ1v) is 16.8. The lowest BCUT2D eigenvalue weighted by Gasteiger charge is -2.26. The molecule has 2 heterocycles. The number of fused-ring (bicyclic) bond motifs is 2. The molecule has 0 aliphatic carbocycles. The van der Waals surface area contributed by atoms with Crippen LogP contribution >= 0.6 is 12.0 Å². The quantitative estimate of drug-likeness (QED) is 0.0454. The van der Waals surface area contributed by atoms with Gasteiger partial charge < -0.3 is 15.1 Å². The number of carboxylic acids is 2. The predicted molar refractivity (Wildman–Crippen MR) is 177 cm³/mol. The lowest BCUT2D eigenvalue weighted by atomic mass is 9.81. The number of hydrogen-bond acceptors (Lipinski definition) is 9. The van der Waals surface area contributed by atoms with Crippen LogP contribution in [0.4, 0.5) is 11.4 Å². The Hall–Kier alpha value is -4.05. The van der Waals surface area contributed by atoms with E-state index in [4.69, 9.17) is 5.26 Å². The number of allylic oxidation sites excluding steroid dienone is 8. The fraction of sp³-hybridized carbons (Fsp3) is 0.303. The molecule has 0 fully saturated rings. The fourth-order valence-corrected chi connectivity index (χ4v) is 6.86. The molecule has 0 atom stereocenters. The highest BCUT2D eigenvalue weighted by Crippen LogP contribution is 2.48. The number of hydrogen-bond donors (Lipinski definition) is 4. The summed E-state index contributed by atoms with van der Waals surface area (Å²) in [7, 11) is -4.42. The van der Waals surface area contributed by atoms with Gasteiger partial charge in [-0.15, -0.1) is 4.33 Å². The number of benzene rings is 2. The molecule has 0 saturated carbocycles. The summed E-state index contributed by atoms with van der Waals surface area (Å²) in [4.78, 5) is 25.1. The Balaban J connectivity index is 1.58. The van der Waals surface area contributed by atoms with Crippen molar-refractivity contribution < 1.29 is 52.0 Å². The van der Waals surface area contributed by atoms with Gasteiger partial charge in [0.1, 0.15) is 6.42 Å². The van der Waals surface area contributed by atoms with Crippen molar-refractivity contribution in [2.45, 2.75) is 61.2 Å². The van der Waals surface area contributed by atoms with Gasteiger partial charge in [0.2, 0.25) is 5.69 Å². The van der Waals surface area contributed by atoms with Crippen LogP contribution in [-0.2, 0) is 39.9 Å². The smallest absolute Gasteiger partial charge is 0.309 e. The van der Waals surface area contributed by atoms with Crippen molar-refractivity contribution in [3.63, 3.8) is 0 Å². The monoisotopic (exact) mass is 685 g/mol. The summed E-state index contributed by atoms with van der Waals surface area (Å²) < 4.78 is 39.7. The molecule has 12 nitrogen and oxygen atoms in total. The average molecular weight is 686 g/mol. The molecule has 47 heavy (non-hydrogen) atoms. The summed E-state index contributed by atoms with van der Waals surface area (Å²) in [6.45, 7) is 8.33. The highest BCUT2D eigenvalue weighted by molar-refractivity contribution is 7.94. The molecule has 0 radical (unpaired) electrons. The third-order valence-electron chi connectivity index (χ3n) is 8.24. The van der Waals surface area contributed by atoms with E-state index in [1.54, 1.807) is 12.1 Å². The van der Waals surface area contributed by atoms with Crippen molar-refractivity contribution in [1.82, 2.24) is 0 Å². The Bertz CT molecular complexity index is 1820. The summed E-state index contributed by atoms with van der Waals surface area (Å²) in [5.41, 5.74) is 3.66. The van der Waals surface area contributed by atoms with Crippen molar-refractivity contribution in [2.24, 2.45) is 0 Å². The van der Waals surface area contributed by atoms with E-state index in [2.05, 4.69) is 9.37 Å². The minimum atomic E-state index is -4.42. The molecular weight excluding hydrogens is 649 g/mol. The number of nitrogens with zero attached hydrogens (tertiary/aromatic N) is 2. The van der Waals surface area contributed by atoms with Gasteiger partial charge in [0.15, 0.2) is 12.3 Å². The van der Waals surface area contributed by atoms with Crippen molar-refractivity contribution in [3.8, 4) is 0 Å². The molecule has 250 valence electrons. The van der Waals surface area contributed by atoms with E-state index in [0.717, 1.165) is 34.7 Å². The summed E-state index contributed by atoms with van der Waals surface area (Å²) in [5, 5.41) is 30.9. The van der Waals surface area contributed by atoms with Gasteiger partial charge in [0, 0.05) is 45.9 Å².